The van der Waals surface area contributed by atoms with E-state index in [1.165, 1.54) is 31.2 Å². The molecule has 0 unspecified atom stereocenters. The second-order valence-corrected chi connectivity index (χ2v) is 7.19. The highest BCUT2D eigenvalue weighted by molar-refractivity contribution is 6.33. The van der Waals surface area contributed by atoms with Crippen LogP contribution in [0, 0.1) is 18.6 Å². The van der Waals surface area contributed by atoms with Crippen LogP contribution in [0.4, 0.5) is 20.2 Å². The highest BCUT2D eigenvalue weighted by Crippen LogP contribution is 2.34. The molecule has 2 heterocycles. The summed E-state index contributed by atoms with van der Waals surface area (Å²) in [6.07, 6.45) is 0. The summed E-state index contributed by atoms with van der Waals surface area (Å²) in [5.74, 6) is -1.52. The fourth-order valence-electron chi connectivity index (χ4n) is 3.37. The van der Waals surface area contributed by atoms with Crippen LogP contribution in [0.5, 0.6) is 0 Å². The first kappa shape index (κ1) is 20.3. The van der Waals surface area contributed by atoms with Crippen molar-refractivity contribution in [2.75, 3.05) is 36.5 Å². The van der Waals surface area contributed by atoms with E-state index in [2.05, 4.69) is 10.5 Å². The van der Waals surface area contributed by atoms with E-state index in [1.54, 1.807) is 12.1 Å². The first-order valence-corrected chi connectivity index (χ1v) is 9.67. The number of ether oxygens (including phenoxy) is 1. The molecular formula is C21H18ClF2N3O3. The molecule has 0 saturated carbocycles. The molecule has 0 aliphatic carbocycles. The molecule has 0 bridgehead atoms. The molecule has 156 valence electrons. The molecule has 1 aliphatic heterocycles. The van der Waals surface area contributed by atoms with E-state index in [1.807, 2.05) is 4.90 Å². The van der Waals surface area contributed by atoms with E-state index >= 15 is 0 Å². The van der Waals surface area contributed by atoms with Gasteiger partial charge in [0.1, 0.15) is 28.7 Å². The standard InChI is InChI=1S/C21H18ClF2N3O3/c1-12-18(20(26-30-12)19-14(22)3-2-4-15(19)23)21(28)25-13-5-6-17(16(24)11-13)27-7-9-29-10-8-27/h2-6,11H,7-10H2,1H3,(H,25,28). The number of hydrogen-bond acceptors (Lipinski definition) is 5. The first-order chi connectivity index (χ1) is 14.5. The van der Waals surface area contributed by atoms with Gasteiger partial charge in [-0.2, -0.15) is 0 Å². The lowest BCUT2D eigenvalue weighted by Crippen LogP contribution is -2.36. The topological polar surface area (TPSA) is 67.6 Å². The number of aryl methyl sites for hydroxylation is 1. The average molecular weight is 434 g/mol. The minimum atomic E-state index is -0.634. The van der Waals surface area contributed by atoms with E-state index in [-0.39, 0.29) is 33.3 Å². The third-order valence-electron chi connectivity index (χ3n) is 4.85. The second-order valence-electron chi connectivity index (χ2n) is 6.78. The fourth-order valence-corrected chi connectivity index (χ4v) is 3.63. The predicted octanol–water partition coefficient (Wildman–Crippen LogP) is 4.67. The van der Waals surface area contributed by atoms with Gasteiger partial charge in [0.25, 0.3) is 5.91 Å². The molecule has 3 aromatic rings. The minimum absolute atomic E-state index is 0.0153. The number of rotatable bonds is 4. The first-order valence-electron chi connectivity index (χ1n) is 9.30. The molecule has 1 N–H and O–H groups in total. The summed E-state index contributed by atoms with van der Waals surface area (Å²) >= 11 is 6.11. The molecule has 30 heavy (non-hydrogen) atoms. The Kier molecular flexibility index (Phi) is 5.69. The van der Waals surface area contributed by atoms with Crippen LogP contribution >= 0.6 is 11.6 Å². The van der Waals surface area contributed by atoms with Gasteiger partial charge < -0.3 is 19.5 Å². The highest BCUT2D eigenvalue weighted by atomic mass is 35.5. The Hall–Kier alpha value is -2.97. The zero-order valence-electron chi connectivity index (χ0n) is 16.0. The molecule has 0 radical (unpaired) electrons. The quantitative estimate of drug-likeness (QED) is 0.647. The number of benzene rings is 2. The van der Waals surface area contributed by atoms with Crippen molar-refractivity contribution in [3.63, 3.8) is 0 Å². The van der Waals surface area contributed by atoms with Crippen molar-refractivity contribution in [1.29, 1.82) is 0 Å². The lowest BCUT2D eigenvalue weighted by molar-refractivity contribution is 0.102. The van der Waals surface area contributed by atoms with Crippen LogP contribution in [0.1, 0.15) is 16.1 Å². The molecule has 1 fully saturated rings. The summed E-state index contributed by atoms with van der Waals surface area (Å²) in [6.45, 7) is 3.78. The third kappa shape index (κ3) is 3.88. The van der Waals surface area contributed by atoms with Crippen molar-refractivity contribution >= 4 is 28.9 Å². The summed E-state index contributed by atoms with van der Waals surface area (Å²) in [4.78, 5) is 14.8. The Morgan fingerprint density at radius 2 is 1.93 bits per heavy atom. The number of hydrogen-bond donors (Lipinski definition) is 1. The molecule has 4 rings (SSSR count). The Labute approximate surface area is 176 Å². The average Bonchev–Trinajstić information content (AvgIpc) is 3.10. The van der Waals surface area contributed by atoms with Crippen LogP contribution in [0.3, 0.4) is 0 Å². The SMILES string of the molecule is Cc1onc(-c2c(F)cccc2Cl)c1C(=O)Nc1ccc(N2CCOCC2)c(F)c1. The van der Waals surface area contributed by atoms with Gasteiger partial charge >= 0.3 is 0 Å². The predicted molar refractivity (Wildman–Crippen MR) is 109 cm³/mol. The van der Waals surface area contributed by atoms with Crippen LogP contribution in [0.25, 0.3) is 11.3 Å². The lowest BCUT2D eigenvalue weighted by Gasteiger charge is -2.29. The minimum Gasteiger partial charge on any atom is -0.378 e. The number of nitrogens with one attached hydrogen (secondary N) is 1. The normalized spacial score (nSPS) is 14.1. The molecule has 2 aromatic carbocycles. The van der Waals surface area contributed by atoms with Gasteiger partial charge in [0.05, 0.1) is 29.5 Å². The molecule has 1 aliphatic rings. The molecule has 0 spiro atoms. The summed E-state index contributed by atoms with van der Waals surface area (Å²) in [7, 11) is 0. The van der Waals surface area contributed by atoms with Crippen LogP contribution < -0.4 is 10.2 Å². The summed E-state index contributed by atoms with van der Waals surface area (Å²) in [6, 6.07) is 8.60. The van der Waals surface area contributed by atoms with E-state index in [9.17, 15) is 13.6 Å². The van der Waals surface area contributed by atoms with Crippen molar-refractivity contribution < 1.29 is 22.8 Å². The van der Waals surface area contributed by atoms with Gasteiger partial charge in [-0.15, -0.1) is 0 Å². The number of nitrogens with zero attached hydrogens (tertiary/aromatic N) is 2. The lowest BCUT2D eigenvalue weighted by atomic mass is 10.0. The van der Waals surface area contributed by atoms with E-state index < -0.39 is 17.5 Å². The number of carbonyl (C=O) groups is 1. The van der Waals surface area contributed by atoms with Gasteiger partial charge in [-0.25, -0.2) is 8.78 Å². The molecule has 1 amide bonds. The Morgan fingerprint density at radius 1 is 1.17 bits per heavy atom. The maximum Gasteiger partial charge on any atom is 0.261 e. The van der Waals surface area contributed by atoms with E-state index in [0.717, 1.165) is 0 Å². The number of amides is 1. The highest BCUT2D eigenvalue weighted by Gasteiger charge is 2.26. The van der Waals surface area contributed by atoms with Crippen molar-refractivity contribution in [3.8, 4) is 11.3 Å². The van der Waals surface area contributed by atoms with E-state index in [0.29, 0.717) is 32.0 Å². The Morgan fingerprint density at radius 3 is 2.63 bits per heavy atom. The summed E-state index contributed by atoms with van der Waals surface area (Å²) < 4.78 is 39.3. The molecule has 1 saturated heterocycles. The molecule has 1 aromatic heterocycles. The van der Waals surface area contributed by atoms with Crippen molar-refractivity contribution in [2.24, 2.45) is 0 Å². The number of anilines is 2. The molecule has 9 heteroatoms. The fraction of sp³-hybridized carbons (Fsp3) is 0.238. The Balaban J connectivity index is 1.61. The van der Waals surface area contributed by atoms with Gasteiger partial charge in [0.2, 0.25) is 0 Å². The monoisotopic (exact) mass is 433 g/mol. The van der Waals surface area contributed by atoms with Crippen molar-refractivity contribution in [1.82, 2.24) is 5.16 Å². The van der Waals surface area contributed by atoms with Crippen LogP contribution in [0.15, 0.2) is 40.9 Å². The van der Waals surface area contributed by atoms with Gasteiger partial charge in [0.15, 0.2) is 0 Å². The van der Waals surface area contributed by atoms with Gasteiger partial charge in [-0.1, -0.05) is 22.8 Å². The van der Waals surface area contributed by atoms with Crippen LogP contribution in [-0.2, 0) is 4.74 Å². The van der Waals surface area contributed by atoms with Gasteiger partial charge in [-0.3, -0.25) is 4.79 Å². The molecule has 6 nitrogen and oxygen atoms in total. The number of morpholine rings is 1. The maximum atomic E-state index is 14.6. The maximum absolute atomic E-state index is 14.6. The third-order valence-corrected chi connectivity index (χ3v) is 5.16. The van der Waals surface area contributed by atoms with Crippen molar-refractivity contribution in [2.45, 2.75) is 6.92 Å². The van der Waals surface area contributed by atoms with Gasteiger partial charge in [-0.05, 0) is 37.3 Å². The van der Waals surface area contributed by atoms with E-state index in [4.69, 9.17) is 20.9 Å². The largest absolute Gasteiger partial charge is 0.378 e. The molecule has 0 atom stereocenters. The number of aromatic nitrogens is 1. The summed E-state index contributed by atoms with van der Waals surface area (Å²) in [5, 5.41) is 6.52. The van der Waals surface area contributed by atoms with Crippen LogP contribution in [0.2, 0.25) is 5.02 Å². The zero-order chi connectivity index (χ0) is 21.3. The van der Waals surface area contributed by atoms with Crippen molar-refractivity contribution in [3.05, 3.63) is 64.4 Å². The van der Waals surface area contributed by atoms with Gasteiger partial charge in [0, 0.05) is 18.8 Å². The second kappa shape index (κ2) is 8.41. The number of halogens is 3. The number of carbonyl (C=O) groups excluding carboxylic acids is 1. The zero-order valence-corrected chi connectivity index (χ0v) is 16.8. The summed E-state index contributed by atoms with van der Waals surface area (Å²) in [5.41, 5.74) is 0.671. The smallest absolute Gasteiger partial charge is 0.261 e. The Bertz CT molecular complexity index is 1080. The molecular weight excluding hydrogens is 416 g/mol. The van der Waals surface area contributed by atoms with Crippen LogP contribution in [-0.4, -0.2) is 37.4 Å².